The Morgan fingerprint density at radius 1 is 1.04 bits per heavy atom. The standard InChI is InChI=1S/C17H23NO6.H3N/c1-17(2,3)24-14(19)9-13(16(21)23-11-18)15(20)22-10-12-7-5-4-6-8-12;/h4-8,13H,9-11,18H2,1-3H3;1H3. The molecular formula is C17H26N2O6. The van der Waals surface area contributed by atoms with Gasteiger partial charge in [-0.15, -0.1) is 0 Å². The van der Waals surface area contributed by atoms with Gasteiger partial charge in [0, 0.05) is 0 Å². The molecule has 1 unspecified atom stereocenters. The summed E-state index contributed by atoms with van der Waals surface area (Å²) in [5.41, 5.74) is 5.18. The van der Waals surface area contributed by atoms with E-state index in [-0.39, 0.29) is 12.8 Å². The maximum Gasteiger partial charge on any atom is 0.322 e. The molecule has 1 rings (SSSR count). The second kappa shape index (κ2) is 10.4. The van der Waals surface area contributed by atoms with Crippen molar-refractivity contribution >= 4 is 17.9 Å². The molecule has 0 amide bonds. The van der Waals surface area contributed by atoms with Crippen molar-refractivity contribution in [3.63, 3.8) is 0 Å². The fourth-order valence-corrected chi connectivity index (χ4v) is 1.82. The van der Waals surface area contributed by atoms with Crippen LogP contribution in [0.1, 0.15) is 32.8 Å². The quantitative estimate of drug-likeness (QED) is 0.326. The van der Waals surface area contributed by atoms with E-state index < -0.39 is 42.6 Å². The van der Waals surface area contributed by atoms with Crippen LogP contribution in [0.2, 0.25) is 0 Å². The van der Waals surface area contributed by atoms with Gasteiger partial charge in [-0.1, -0.05) is 30.3 Å². The average Bonchev–Trinajstić information content (AvgIpc) is 2.50. The molecule has 0 bridgehead atoms. The summed E-state index contributed by atoms with van der Waals surface area (Å²) in [5, 5.41) is 0. The molecule has 5 N–H and O–H groups in total. The van der Waals surface area contributed by atoms with Gasteiger partial charge in [0.1, 0.15) is 18.9 Å². The Morgan fingerprint density at radius 3 is 2.12 bits per heavy atom. The van der Waals surface area contributed by atoms with Gasteiger partial charge in [-0.05, 0) is 26.3 Å². The van der Waals surface area contributed by atoms with Crippen LogP contribution in [0.5, 0.6) is 0 Å². The summed E-state index contributed by atoms with van der Waals surface area (Å²) in [5.74, 6) is -3.88. The first-order chi connectivity index (χ1) is 11.2. The highest BCUT2D eigenvalue weighted by Gasteiger charge is 2.34. The lowest BCUT2D eigenvalue weighted by atomic mass is 10.1. The van der Waals surface area contributed by atoms with E-state index in [1.54, 1.807) is 45.0 Å². The Hall–Kier alpha value is -2.45. The molecule has 0 heterocycles. The van der Waals surface area contributed by atoms with Crippen molar-refractivity contribution in [2.75, 3.05) is 6.73 Å². The molecule has 1 aromatic carbocycles. The minimum atomic E-state index is -1.41. The average molecular weight is 354 g/mol. The first kappa shape index (κ1) is 22.6. The van der Waals surface area contributed by atoms with E-state index in [0.717, 1.165) is 5.56 Å². The van der Waals surface area contributed by atoms with E-state index in [2.05, 4.69) is 4.74 Å². The van der Waals surface area contributed by atoms with Crippen molar-refractivity contribution in [3.05, 3.63) is 35.9 Å². The molecular weight excluding hydrogens is 328 g/mol. The molecule has 8 heteroatoms. The first-order valence-corrected chi connectivity index (χ1v) is 7.52. The van der Waals surface area contributed by atoms with Gasteiger partial charge in [0.25, 0.3) is 0 Å². The van der Waals surface area contributed by atoms with Crippen molar-refractivity contribution < 1.29 is 28.6 Å². The van der Waals surface area contributed by atoms with Crippen LogP contribution in [-0.2, 0) is 35.2 Å². The van der Waals surface area contributed by atoms with Gasteiger partial charge in [-0.25, -0.2) is 0 Å². The molecule has 1 aromatic rings. The van der Waals surface area contributed by atoms with E-state index in [9.17, 15) is 14.4 Å². The van der Waals surface area contributed by atoms with Crippen LogP contribution in [0.4, 0.5) is 0 Å². The third-order valence-electron chi connectivity index (χ3n) is 2.81. The van der Waals surface area contributed by atoms with Crippen LogP contribution < -0.4 is 11.9 Å². The summed E-state index contributed by atoms with van der Waals surface area (Å²) in [4.78, 5) is 35.9. The molecule has 0 aromatic heterocycles. The van der Waals surface area contributed by atoms with Crippen molar-refractivity contribution in [2.45, 2.75) is 39.4 Å². The van der Waals surface area contributed by atoms with Crippen LogP contribution in [-0.4, -0.2) is 30.2 Å². The number of rotatable bonds is 7. The van der Waals surface area contributed by atoms with Gasteiger partial charge < -0.3 is 20.4 Å². The zero-order chi connectivity index (χ0) is 18.2. The number of carbonyl (C=O) groups excluding carboxylic acids is 3. The van der Waals surface area contributed by atoms with Crippen molar-refractivity contribution in [1.29, 1.82) is 0 Å². The van der Waals surface area contributed by atoms with E-state index >= 15 is 0 Å². The van der Waals surface area contributed by atoms with Gasteiger partial charge in [0.05, 0.1) is 6.42 Å². The molecule has 25 heavy (non-hydrogen) atoms. The van der Waals surface area contributed by atoms with Crippen LogP contribution in [0.25, 0.3) is 0 Å². The zero-order valence-electron chi connectivity index (χ0n) is 14.8. The summed E-state index contributed by atoms with van der Waals surface area (Å²) in [7, 11) is 0. The van der Waals surface area contributed by atoms with Crippen molar-refractivity contribution in [1.82, 2.24) is 6.15 Å². The molecule has 0 aliphatic heterocycles. The minimum Gasteiger partial charge on any atom is -0.460 e. The summed E-state index contributed by atoms with van der Waals surface area (Å²) >= 11 is 0. The number of ether oxygens (including phenoxy) is 3. The molecule has 0 fully saturated rings. The molecule has 0 aliphatic carbocycles. The highest BCUT2D eigenvalue weighted by Crippen LogP contribution is 2.15. The predicted octanol–water partition coefficient (Wildman–Crippen LogP) is 1.70. The number of benzene rings is 1. The smallest absolute Gasteiger partial charge is 0.322 e. The Labute approximate surface area is 147 Å². The summed E-state index contributed by atoms with van der Waals surface area (Å²) < 4.78 is 14.9. The Kier molecular flexibility index (Phi) is 9.40. The SMILES string of the molecule is CC(C)(C)OC(=O)CC(C(=O)OCN)C(=O)OCc1ccccc1.N. The lowest BCUT2D eigenvalue weighted by molar-refractivity contribution is -0.170. The summed E-state index contributed by atoms with van der Waals surface area (Å²) in [6.07, 6.45) is -0.469. The molecule has 1 atom stereocenters. The van der Waals surface area contributed by atoms with Crippen LogP contribution in [0.15, 0.2) is 30.3 Å². The maximum atomic E-state index is 12.2. The number of hydrogen-bond acceptors (Lipinski definition) is 8. The molecule has 0 spiro atoms. The van der Waals surface area contributed by atoms with E-state index in [0.29, 0.717) is 0 Å². The lowest BCUT2D eigenvalue weighted by Gasteiger charge is -2.21. The second-order valence-corrected chi connectivity index (χ2v) is 6.07. The highest BCUT2D eigenvalue weighted by molar-refractivity contribution is 5.98. The van der Waals surface area contributed by atoms with E-state index in [1.165, 1.54) is 0 Å². The lowest BCUT2D eigenvalue weighted by Crippen LogP contribution is -2.34. The molecule has 8 nitrogen and oxygen atoms in total. The summed E-state index contributed by atoms with van der Waals surface area (Å²) in [6.45, 7) is 4.65. The van der Waals surface area contributed by atoms with Gasteiger partial charge in [0.2, 0.25) is 0 Å². The number of esters is 3. The predicted molar refractivity (Wildman–Crippen MR) is 90.4 cm³/mol. The molecule has 0 saturated heterocycles. The third-order valence-corrected chi connectivity index (χ3v) is 2.81. The fraction of sp³-hybridized carbons (Fsp3) is 0.471. The van der Waals surface area contributed by atoms with Crippen LogP contribution >= 0.6 is 0 Å². The van der Waals surface area contributed by atoms with Crippen LogP contribution in [0.3, 0.4) is 0 Å². The number of hydrogen-bond donors (Lipinski definition) is 2. The molecule has 0 radical (unpaired) electrons. The second-order valence-electron chi connectivity index (χ2n) is 6.07. The van der Waals surface area contributed by atoms with Crippen LogP contribution in [0, 0.1) is 5.92 Å². The Bertz CT molecular complexity index is 568. The van der Waals surface area contributed by atoms with E-state index in [4.69, 9.17) is 15.2 Å². The number of nitrogens with two attached hydrogens (primary N) is 1. The van der Waals surface area contributed by atoms with E-state index in [1.807, 2.05) is 6.07 Å². The normalized spacial score (nSPS) is 11.7. The van der Waals surface area contributed by atoms with Gasteiger partial charge in [-0.2, -0.15) is 0 Å². The minimum absolute atomic E-state index is 0. The van der Waals surface area contributed by atoms with Crippen molar-refractivity contribution in [3.8, 4) is 0 Å². The Morgan fingerprint density at radius 2 is 1.60 bits per heavy atom. The first-order valence-electron chi connectivity index (χ1n) is 7.52. The number of carbonyl (C=O) groups is 3. The topological polar surface area (TPSA) is 140 Å². The monoisotopic (exact) mass is 354 g/mol. The Balaban J connectivity index is 0.00000576. The van der Waals surface area contributed by atoms with Gasteiger partial charge in [0.15, 0.2) is 5.92 Å². The van der Waals surface area contributed by atoms with Gasteiger partial charge >= 0.3 is 17.9 Å². The zero-order valence-corrected chi connectivity index (χ0v) is 14.8. The van der Waals surface area contributed by atoms with Gasteiger partial charge in [-0.3, -0.25) is 20.1 Å². The molecule has 140 valence electrons. The van der Waals surface area contributed by atoms with Crippen molar-refractivity contribution in [2.24, 2.45) is 11.7 Å². The highest BCUT2D eigenvalue weighted by atomic mass is 16.6. The third kappa shape index (κ3) is 8.83. The fourth-order valence-electron chi connectivity index (χ4n) is 1.82. The molecule has 0 aliphatic rings. The maximum absolute atomic E-state index is 12.2. The summed E-state index contributed by atoms with van der Waals surface area (Å²) in [6, 6.07) is 8.96. The largest absolute Gasteiger partial charge is 0.460 e. The molecule has 0 saturated carbocycles.